The van der Waals surface area contributed by atoms with E-state index in [4.69, 9.17) is 22.1 Å². The van der Waals surface area contributed by atoms with Gasteiger partial charge in [-0.25, -0.2) is 4.98 Å². The van der Waals surface area contributed by atoms with Gasteiger partial charge < -0.3 is 10.5 Å². The lowest BCUT2D eigenvalue weighted by atomic mass is 10.1. The molecule has 0 aliphatic rings. The lowest BCUT2D eigenvalue weighted by Crippen LogP contribution is -1.94. The lowest BCUT2D eigenvalue weighted by molar-refractivity contribution is 0.416. The van der Waals surface area contributed by atoms with Gasteiger partial charge in [0.15, 0.2) is 11.6 Å². The summed E-state index contributed by atoms with van der Waals surface area (Å²) in [6, 6.07) is 11.1. The van der Waals surface area contributed by atoms with E-state index in [2.05, 4.69) is 31.1 Å². The quantitative estimate of drug-likeness (QED) is 0.670. The fraction of sp³-hybridized carbons (Fsp3) is 0.0667. The third-order valence-electron chi connectivity index (χ3n) is 3.16. The second-order valence-electron chi connectivity index (χ2n) is 4.59. The van der Waals surface area contributed by atoms with Gasteiger partial charge in [0.25, 0.3) is 0 Å². The van der Waals surface area contributed by atoms with E-state index in [1.54, 1.807) is 19.2 Å². The summed E-state index contributed by atoms with van der Waals surface area (Å²) in [5.41, 5.74) is 7.86. The first-order valence-electron chi connectivity index (χ1n) is 6.40. The van der Waals surface area contributed by atoms with Crippen LogP contribution in [0.15, 0.2) is 40.9 Å². The van der Waals surface area contributed by atoms with Crippen LogP contribution >= 0.6 is 27.5 Å². The van der Waals surface area contributed by atoms with Gasteiger partial charge in [0.2, 0.25) is 0 Å². The van der Waals surface area contributed by atoms with Gasteiger partial charge in [0.05, 0.1) is 23.4 Å². The number of aromatic nitrogens is 3. The number of halogens is 2. The number of H-pyrrole nitrogens is 1. The van der Waals surface area contributed by atoms with E-state index in [9.17, 15) is 0 Å². The van der Waals surface area contributed by atoms with Crippen LogP contribution in [0.5, 0.6) is 5.75 Å². The van der Waals surface area contributed by atoms with Crippen molar-refractivity contribution in [1.29, 1.82) is 0 Å². The predicted molar refractivity (Wildman–Crippen MR) is 90.9 cm³/mol. The number of anilines is 1. The molecule has 0 bridgehead atoms. The number of nitrogens with two attached hydrogens (primary N) is 1. The molecule has 0 aliphatic carbocycles. The van der Waals surface area contributed by atoms with Crippen LogP contribution < -0.4 is 10.5 Å². The zero-order chi connectivity index (χ0) is 15.7. The Morgan fingerprint density at radius 2 is 1.95 bits per heavy atom. The minimum atomic E-state index is 0.442. The Labute approximate surface area is 140 Å². The predicted octanol–water partition coefficient (Wildman–Crippen LogP) is 4.15. The Hall–Kier alpha value is -2.05. The fourth-order valence-electron chi connectivity index (χ4n) is 2.03. The fourth-order valence-corrected chi connectivity index (χ4v) is 2.46. The van der Waals surface area contributed by atoms with E-state index < -0.39 is 0 Å². The van der Waals surface area contributed by atoms with Crippen molar-refractivity contribution >= 4 is 33.2 Å². The molecule has 5 nitrogen and oxygen atoms in total. The van der Waals surface area contributed by atoms with Gasteiger partial charge in [-0.05, 0) is 18.2 Å². The van der Waals surface area contributed by atoms with E-state index in [1.165, 1.54) is 0 Å². The largest absolute Gasteiger partial charge is 0.496 e. The minimum absolute atomic E-state index is 0.442. The van der Waals surface area contributed by atoms with Crippen molar-refractivity contribution in [2.45, 2.75) is 0 Å². The maximum atomic E-state index is 6.09. The molecule has 0 spiro atoms. The molecule has 1 aromatic heterocycles. The van der Waals surface area contributed by atoms with Gasteiger partial charge in [-0.1, -0.05) is 39.7 Å². The van der Waals surface area contributed by atoms with Crippen LogP contribution in [0.4, 0.5) is 5.69 Å². The zero-order valence-corrected chi connectivity index (χ0v) is 13.9. The molecule has 0 saturated heterocycles. The summed E-state index contributed by atoms with van der Waals surface area (Å²) in [7, 11) is 1.57. The average molecular weight is 380 g/mol. The van der Waals surface area contributed by atoms with E-state index in [1.807, 2.05) is 24.3 Å². The highest BCUT2D eigenvalue weighted by Gasteiger charge is 2.14. The van der Waals surface area contributed by atoms with Crippen molar-refractivity contribution in [2.75, 3.05) is 12.8 Å². The number of hydrogen-bond acceptors (Lipinski definition) is 4. The number of ether oxygens (including phenoxy) is 1. The molecule has 0 amide bonds. The Bertz CT molecular complexity index is 817. The number of rotatable bonds is 3. The molecule has 3 N–H and O–H groups in total. The summed E-state index contributed by atoms with van der Waals surface area (Å²) >= 11 is 9.49. The third-order valence-corrected chi connectivity index (χ3v) is 4.02. The molecule has 0 atom stereocenters. The molecule has 0 unspecified atom stereocenters. The topological polar surface area (TPSA) is 76.8 Å². The number of benzene rings is 2. The molecular formula is C15H12BrClN4O. The van der Waals surface area contributed by atoms with Crippen molar-refractivity contribution in [3.05, 3.63) is 45.9 Å². The standard InChI is InChI=1S/C15H12BrClN4O/c1-22-13-7-12(18)11(17)6-10(13)15-19-14(20-21-15)8-2-4-9(16)5-3-8/h2-7H,18H2,1H3,(H,19,20,21). The second-order valence-corrected chi connectivity index (χ2v) is 5.91. The molecule has 0 fully saturated rings. The SMILES string of the molecule is COc1cc(N)c(Cl)cc1-c1nc(-c2ccc(Br)cc2)n[nH]1. The van der Waals surface area contributed by atoms with Gasteiger partial charge in [-0.2, -0.15) is 5.10 Å². The minimum Gasteiger partial charge on any atom is -0.496 e. The first-order valence-corrected chi connectivity index (χ1v) is 7.57. The van der Waals surface area contributed by atoms with Crippen LogP contribution in [0.25, 0.3) is 22.8 Å². The van der Waals surface area contributed by atoms with Crippen molar-refractivity contribution < 1.29 is 4.74 Å². The summed E-state index contributed by atoms with van der Waals surface area (Å²) in [6.45, 7) is 0. The van der Waals surface area contributed by atoms with Gasteiger partial charge in [0.1, 0.15) is 5.75 Å². The summed E-state index contributed by atoms with van der Waals surface area (Å²) in [5, 5.41) is 7.58. The second kappa shape index (κ2) is 5.98. The van der Waals surface area contributed by atoms with Crippen molar-refractivity contribution in [1.82, 2.24) is 15.2 Å². The summed E-state index contributed by atoms with van der Waals surface area (Å²) in [5.74, 6) is 1.74. The maximum absolute atomic E-state index is 6.09. The number of nitrogens with zero attached hydrogens (tertiary/aromatic N) is 2. The number of hydrogen-bond donors (Lipinski definition) is 2. The lowest BCUT2D eigenvalue weighted by Gasteiger charge is -2.08. The normalized spacial score (nSPS) is 10.7. The summed E-state index contributed by atoms with van der Waals surface area (Å²) in [6.07, 6.45) is 0. The smallest absolute Gasteiger partial charge is 0.181 e. The first kappa shape index (κ1) is 14.9. The number of methoxy groups -OCH3 is 1. The van der Waals surface area contributed by atoms with Gasteiger partial charge in [-0.3, -0.25) is 5.10 Å². The highest BCUT2D eigenvalue weighted by atomic mass is 79.9. The Morgan fingerprint density at radius 3 is 2.64 bits per heavy atom. The van der Waals surface area contributed by atoms with Crippen molar-refractivity contribution in [3.63, 3.8) is 0 Å². The van der Waals surface area contributed by atoms with Crippen LogP contribution in [-0.4, -0.2) is 22.3 Å². The third kappa shape index (κ3) is 2.80. The molecule has 3 rings (SSSR count). The Morgan fingerprint density at radius 1 is 1.23 bits per heavy atom. The Balaban J connectivity index is 2.04. The summed E-state index contributed by atoms with van der Waals surface area (Å²) < 4.78 is 6.33. The highest BCUT2D eigenvalue weighted by Crippen LogP contribution is 2.35. The summed E-state index contributed by atoms with van der Waals surface area (Å²) in [4.78, 5) is 4.50. The van der Waals surface area contributed by atoms with Gasteiger partial charge in [0, 0.05) is 16.1 Å². The molecule has 0 saturated carbocycles. The maximum Gasteiger partial charge on any atom is 0.181 e. The molecular weight excluding hydrogens is 368 g/mol. The van der Waals surface area contributed by atoms with Crippen LogP contribution in [0.3, 0.4) is 0 Å². The van der Waals surface area contributed by atoms with E-state index in [0.717, 1.165) is 10.0 Å². The molecule has 2 aromatic carbocycles. The first-order chi connectivity index (χ1) is 10.6. The number of nitrogen functional groups attached to an aromatic ring is 1. The number of nitrogens with one attached hydrogen (secondary N) is 1. The van der Waals surface area contributed by atoms with Crippen LogP contribution in [0.1, 0.15) is 0 Å². The zero-order valence-electron chi connectivity index (χ0n) is 11.6. The van der Waals surface area contributed by atoms with Crippen LogP contribution in [0, 0.1) is 0 Å². The molecule has 1 heterocycles. The number of aromatic amines is 1. The molecule has 22 heavy (non-hydrogen) atoms. The molecule has 112 valence electrons. The van der Waals surface area contributed by atoms with Crippen LogP contribution in [0.2, 0.25) is 5.02 Å². The Kier molecular flexibility index (Phi) is 4.04. The monoisotopic (exact) mass is 378 g/mol. The molecule has 3 aromatic rings. The van der Waals surface area contributed by atoms with E-state index in [-0.39, 0.29) is 0 Å². The van der Waals surface area contributed by atoms with E-state index >= 15 is 0 Å². The average Bonchev–Trinajstić information content (AvgIpc) is 3.00. The molecule has 0 aliphatic heterocycles. The van der Waals surface area contributed by atoms with Crippen molar-refractivity contribution in [2.24, 2.45) is 0 Å². The molecule has 0 radical (unpaired) electrons. The highest BCUT2D eigenvalue weighted by molar-refractivity contribution is 9.10. The van der Waals surface area contributed by atoms with Crippen molar-refractivity contribution in [3.8, 4) is 28.5 Å². The van der Waals surface area contributed by atoms with Gasteiger partial charge in [-0.15, -0.1) is 0 Å². The van der Waals surface area contributed by atoms with E-state index in [0.29, 0.717) is 33.7 Å². The van der Waals surface area contributed by atoms with Gasteiger partial charge >= 0.3 is 0 Å². The molecule has 7 heteroatoms. The van der Waals surface area contributed by atoms with Crippen LogP contribution in [-0.2, 0) is 0 Å².